The number of carbonyl (C=O) groups excluding carboxylic acids is 1. The summed E-state index contributed by atoms with van der Waals surface area (Å²) in [7, 11) is 1.73. The molecule has 0 N–H and O–H groups in total. The van der Waals surface area contributed by atoms with Crippen molar-refractivity contribution >= 4 is 11.6 Å². The van der Waals surface area contributed by atoms with E-state index in [9.17, 15) is 4.79 Å². The van der Waals surface area contributed by atoms with Crippen LogP contribution in [0.2, 0.25) is 0 Å². The fraction of sp³-hybridized carbons (Fsp3) is 0.542. The Morgan fingerprint density at radius 3 is 2.32 bits per heavy atom. The third-order valence-electron chi connectivity index (χ3n) is 5.68. The van der Waals surface area contributed by atoms with Crippen LogP contribution in [-0.4, -0.2) is 85.2 Å². The van der Waals surface area contributed by atoms with E-state index in [-0.39, 0.29) is 11.3 Å². The monoisotopic (exact) mass is 425 g/mol. The SMILES string of the molecule is CCN(CC(=O)N1CCN(c2ccc(-c3ncccn3)cc2)CC1)CC(C)(C)COC. The predicted octanol–water partition coefficient (Wildman–Crippen LogP) is 2.79. The summed E-state index contributed by atoms with van der Waals surface area (Å²) in [6.45, 7) is 12.5. The van der Waals surface area contributed by atoms with E-state index in [1.54, 1.807) is 19.5 Å². The Morgan fingerprint density at radius 1 is 1.10 bits per heavy atom. The summed E-state index contributed by atoms with van der Waals surface area (Å²) >= 11 is 0. The fourth-order valence-corrected chi connectivity index (χ4v) is 4.10. The Morgan fingerprint density at radius 2 is 1.74 bits per heavy atom. The number of hydrogen-bond donors (Lipinski definition) is 0. The van der Waals surface area contributed by atoms with Crippen LogP contribution in [-0.2, 0) is 9.53 Å². The number of anilines is 1. The minimum absolute atomic E-state index is 0.0285. The quantitative estimate of drug-likeness (QED) is 0.616. The van der Waals surface area contributed by atoms with Crippen molar-refractivity contribution in [3.63, 3.8) is 0 Å². The highest BCUT2D eigenvalue weighted by Crippen LogP contribution is 2.22. The van der Waals surface area contributed by atoms with E-state index < -0.39 is 0 Å². The number of nitrogens with zero attached hydrogens (tertiary/aromatic N) is 5. The molecule has 0 bridgehead atoms. The molecule has 0 unspecified atom stereocenters. The molecule has 0 saturated carbocycles. The zero-order valence-corrected chi connectivity index (χ0v) is 19.3. The van der Waals surface area contributed by atoms with Crippen molar-refractivity contribution in [2.24, 2.45) is 5.41 Å². The van der Waals surface area contributed by atoms with Gasteiger partial charge in [-0.2, -0.15) is 0 Å². The highest BCUT2D eigenvalue weighted by atomic mass is 16.5. The largest absolute Gasteiger partial charge is 0.384 e. The van der Waals surface area contributed by atoms with Gasteiger partial charge in [-0.1, -0.05) is 20.8 Å². The van der Waals surface area contributed by atoms with E-state index in [4.69, 9.17) is 4.74 Å². The second kappa shape index (κ2) is 10.7. The third kappa shape index (κ3) is 6.48. The Kier molecular flexibility index (Phi) is 7.98. The predicted molar refractivity (Wildman–Crippen MR) is 124 cm³/mol. The summed E-state index contributed by atoms with van der Waals surface area (Å²) in [5, 5.41) is 0. The van der Waals surface area contributed by atoms with Gasteiger partial charge in [0, 0.05) is 68.9 Å². The first kappa shape index (κ1) is 23.2. The van der Waals surface area contributed by atoms with Crippen molar-refractivity contribution in [1.82, 2.24) is 19.8 Å². The van der Waals surface area contributed by atoms with Gasteiger partial charge < -0.3 is 14.5 Å². The molecule has 2 aromatic rings. The van der Waals surface area contributed by atoms with E-state index in [0.717, 1.165) is 50.7 Å². The zero-order valence-electron chi connectivity index (χ0n) is 19.3. The number of hydrogen-bond acceptors (Lipinski definition) is 6. The van der Waals surface area contributed by atoms with E-state index in [2.05, 4.69) is 64.8 Å². The minimum Gasteiger partial charge on any atom is -0.384 e. The van der Waals surface area contributed by atoms with Crippen LogP contribution >= 0.6 is 0 Å². The molecule has 1 aliphatic rings. The molecule has 0 atom stereocenters. The molecule has 3 rings (SSSR count). The number of piperazine rings is 1. The van der Waals surface area contributed by atoms with Gasteiger partial charge in [0.2, 0.25) is 5.91 Å². The minimum atomic E-state index is 0.0285. The molecule has 7 nitrogen and oxygen atoms in total. The molecule has 1 aromatic heterocycles. The summed E-state index contributed by atoms with van der Waals surface area (Å²) in [6.07, 6.45) is 3.51. The van der Waals surface area contributed by atoms with E-state index in [0.29, 0.717) is 13.2 Å². The Hall–Kier alpha value is -2.51. The molecule has 31 heavy (non-hydrogen) atoms. The molecular formula is C24H35N5O2. The molecular weight excluding hydrogens is 390 g/mol. The smallest absolute Gasteiger partial charge is 0.236 e. The second-order valence-corrected chi connectivity index (χ2v) is 8.89. The number of aromatic nitrogens is 2. The number of carbonyl (C=O) groups is 1. The molecule has 1 saturated heterocycles. The van der Waals surface area contributed by atoms with Gasteiger partial charge in [0.15, 0.2) is 5.82 Å². The Labute approximate surface area is 186 Å². The van der Waals surface area contributed by atoms with Crippen LogP contribution in [0.4, 0.5) is 5.69 Å². The van der Waals surface area contributed by atoms with Crippen LogP contribution in [0, 0.1) is 5.41 Å². The Bertz CT molecular complexity index is 818. The van der Waals surface area contributed by atoms with Crippen molar-refractivity contribution in [3.05, 3.63) is 42.7 Å². The van der Waals surface area contributed by atoms with Crippen LogP contribution < -0.4 is 4.90 Å². The molecule has 1 fully saturated rings. The molecule has 0 spiro atoms. The van der Waals surface area contributed by atoms with Gasteiger partial charge in [-0.05, 0) is 36.9 Å². The Balaban J connectivity index is 1.51. The van der Waals surface area contributed by atoms with Gasteiger partial charge in [0.25, 0.3) is 0 Å². The summed E-state index contributed by atoms with van der Waals surface area (Å²) in [5.74, 6) is 0.949. The first-order chi connectivity index (χ1) is 14.9. The van der Waals surface area contributed by atoms with Crippen molar-refractivity contribution in [1.29, 1.82) is 0 Å². The first-order valence-corrected chi connectivity index (χ1v) is 11.0. The summed E-state index contributed by atoms with van der Waals surface area (Å²) < 4.78 is 5.33. The lowest BCUT2D eigenvalue weighted by molar-refractivity contribution is -0.133. The molecule has 1 aromatic carbocycles. The third-order valence-corrected chi connectivity index (χ3v) is 5.68. The number of rotatable bonds is 9. The van der Waals surface area contributed by atoms with Crippen LogP contribution in [0.3, 0.4) is 0 Å². The molecule has 168 valence electrons. The number of benzene rings is 1. The van der Waals surface area contributed by atoms with E-state index in [1.165, 1.54) is 5.69 Å². The van der Waals surface area contributed by atoms with Gasteiger partial charge in [-0.15, -0.1) is 0 Å². The normalized spacial score (nSPS) is 14.9. The topological polar surface area (TPSA) is 61.8 Å². The molecule has 2 heterocycles. The van der Waals surface area contributed by atoms with Gasteiger partial charge in [0.05, 0.1) is 13.2 Å². The van der Waals surface area contributed by atoms with Crippen molar-refractivity contribution in [2.75, 3.05) is 64.4 Å². The second-order valence-electron chi connectivity index (χ2n) is 8.89. The standard InChI is InChI=1S/C24H35N5O2/c1-5-27(18-24(2,3)19-31-4)17-22(30)29-15-13-28(14-16-29)21-9-7-20(8-10-21)23-25-11-6-12-26-23/h6-12H,5,13-19H2,1-4H3. The molecule has 1 aliphatic heterocycles. The lowest BCUT2D eigenvalue weighted by Gasteiger charge is -2.38. The van der Waals surface area contributed by atoms with Crippen LogP contribution in [0.1, 0.15) is 20.8 Å². The first-order valence-electron chi connectivity index (χ1n) is 11.0. The number of ether oxygens (including phenoxy) is 1. The maximum Gasteiger partial charge on any atom is 0.236 e. The lowest BCUT2D eigenvalue weighted by atomic mass is 9.94. The van der Waals surface area contributed by atoms with Crippen LogP contribution in [0.5, 0.6) is 0 Å². The maximum absolute atomic E-state index is 12.9. The highest BCUT2D eigenvalue weighted by Gasteiger charge is 2.26. The molecule has 0 aliphatic carbocycles. The van der Waals surface area contributed by atoms with E-state index in [1.807, 2.05) is 11.0 Å². The van der Waals surface area contributed by atoms with E-state index >= 15 is 0 Å². The van der Waals surface area contributed by atoms with Crippen molar-refractivity contribution < 1.29 is 9.53 Å². The van der Waals surface area contributed by atoms with Crippen molar-refractivity contribution in [3.8, 4) is 11.4 Å². The van der Waals surface area contributed by atoms with Crippen molar-refractivity contribution in [2.45, 2.75) is 20.8 Å². The zero-order chi connectivity index (χ0) is 22.3. The maximum atomic E-state index is 12.9. The highest BCUT2D eigenvalue weighted by molar-refractivity contribution is 5.78. The number of methoxy groups -OCH3 is 1. The van der Waals surface area contributed by atoms with Gasteiger partial charge in [-0.25, -0.2) is 9.97 Å². The fourth-order valence-electron chi connectivity index (χ4n) is 4.10. The van der Waals surface area contributed by atoms with Crippen LogP contribution in [0.25, 0.3) is 11.4 Å². The average Bonchev–Trinajstić information content (AvgIpc) is 2.79. The average molecular weight is 426 g/mol. The lowest BCUT2D eigenvalue weighted by Crippen LogP contribution is -2.52. The molecule has 1 amide bonds. The molecule has 0 radical (unpaired) electrons. The summed E-state index contributed by atoms with van der Waals surface area (Å²) in [6, 6.07) is 10.2. The van der Waals surface area contributed by atoms with Gasteiger partial charge in [0.1, 0.15) is 0 Å². The number of amides is 1. The number of likely N-dealkylation sites (N-methyl/N-ethyl adjacent to an activating group) is 1. The molecule has 7 heteroatoms. The summed E-state index contributed by atoms with van der Waals surface area (Å²) in [5.41, 5.74) is 2.21. The van der Waals surface area contributed by atoms with Crippen LogP contribution in [0.15, 0.2) is 42.7 Å². The van der Waals surface area contributed by atoms with Gasteiger partial charge >= 0.3 is 0 Å². The van der Waals surface area contributed by atoms with Gasteiger partial charge in [-0.3, -0.25) is 9.69 Å². The summed E-state index contributed by atoms with van der Waals surface area (Å²) in [4.78, 5) is 28.0.